The van der Waals surface area contributed by atoms with Crippen molar-refractivity contribution in [3.8, 4) is 0 Å². The van der Waals surface area contributed by atoms with Gasteiger partial charge in [0.2, 0.25) is 0 Å². The summed E-state index contributed by atoms with van der Waals surface area (Å²) in [6, 6.07) is 0. The van der Waals surface area contributed by atoms with Crippen LogP contribution in [0.2, 0.25) is 5.54 Å². The van der Waals surface area contributed by atoms with Gasteiger partial charge in [-0.2, -0.15) is 0 Å². The first-order valence-corrected chi connectivity index (χ1v) is 8.44. The summed E-state index contributed by atoms with van der Waals surface area (Å²) in [5.74, 6) is 1.46. The fraction of sp³-hybridized carbons (Fsp3) is 0.929. The summed E-state index contributed by atoms with van der Waals surface area (Å²) in [6.07, 6.45) is 2.34. The molecule has 3 heteroatoms. The van der Waals surface area contributed by atoms with Crippen molar-refractivity contribution in [2.75, 3.05) is 13.2 Å². The predicted octanol–water partition coefficient (Wildman–Crippen LogP) is 3.45. The third kappa shape index (κ3) is 9.54. The molecular formula is C14H31NOSi. The molecule has 17 heavy (non-hydrogen) atoms. The first-order chi connectivity index (χ1) is 7.97. The Morgan fingerprint density at radius 2 is 1.88 bits per heavy atom. The van der Waals surface area contributed by atoms with Gasteiger partial charge in [-0.3, -0.25) is 4.99 Å². The highest BCUT2D eigenvalue weighted by molar-refractivity contribution is 6.29. The van der Waals surface area contributed by atoms with Crippen LogP contribution in [0.3, 0.4) is 0 Å². The van der Waals surface area contributed by atoms with Crippen molar-refractivity contribution < 1.29 is 4.43 Å². The second-order valence-electron chi connectivity index (χ2n) is 5.67. The van der Waals surface area contributed by atoms with Crippen LogP contribution in [0.15, 0.2) is 4.99 Å². The van der Waals surface area contributed by atoms with Gasteiger partial charge in [-0.15, -0.1) is 0 Å². The molecule has 0 aromatic rings. The van der Waals surface area contributed by atoms with Crippen LogP contribution >= 0.6 is 0 Å². The van der Waals surface area contributed by atoms with Crippen LogP contribution in [0.5, 0.6) is 0 Å². The lowest BCUT2D eigenvalue weighted by molar-refractivity contribution is 0.340. The zero-order valence-corrected chi connectivity index (χ0v) is 14.0. The van der Waals surface area contributed by atoms with Crippen molar-refractivity contribution in [1.82, 2.24) is 0 Å². The lowest BCUT2D eigenvalue weighted by Gasteiger charge is -2.19. The quantitative estimate of drug-likeness (QED) is 0.458. The number of nitrogens with zero attached hydrogens (tertiary/aromatic N) is 1. The molecule has 0 aromatic carbocycles. The molecule has 1 unspecified atom stereocenters. The topological polar surface area (TPSA) is 21.6 Å². The number of aliphatic imine (C=N–C) groups is 1. The van der Waals surface area contributed by atoms with Gasteiger partial charge < -0.3 is 4.43 Å². The first-order valence-electron chi connectivity index (χ1n) is 7.05. The van der Waals surface area contributed by atoms with E-state index in [1.165, 1.54) is 12.1 Å². The summed E-state index contributed by atoms with van der Waals surface area (Å²) in [5, 5.41) is 0. The van der Waals surface area contributed by atoms with Gasteiger partial charge in [0.25, 0.3) is 0 Å². The lowest BCUT2D eigenvalue weighted by Crippen LogP contribution is -2.15. The van der Waals surface area contributed by atoms with E-state index in [-0.39, 0.29) is 9.76 Å². The zero-order chi connectivity index (χ0) is 13.3. The van der Waals surface area contributed by atoms with Crippen LogP contribution < -0.4 is 0 Å². The summed E-state index contributed by atoms with van der Waals surface area (Å²) >= 11 is 0. The van der Waals surface area contributed by atoms with E-state index in [2.05, 4.69) is 46.5 Å². The molecule has 0 aliphatic rings. The third-order valence-electron chi connectivity index (χ3n) is 3.06. The van der Waals surface area contributed by atoms with Crippen LogP contribution in [0, 0.1) is 11.8 Å². The SMILES string of the molecule is CCO[SiH2]C(CCN=C(C)CC(C)C)C(C)C. The highest BCUT2D eigenvalue weighted by atomic mass is 28.2. The fourth-order valence-corrected chi connectivity index (χ4v) is 3.23. The summed E-state index contributed by atoms with van der Waals surface area (Å²) in [7, 11) is -0.358. The molecule has 0 fully saturated rings. The molecule has 0 aliphatic heterocycles. The van der Waals surface area contributed by atoms with Gasteiger partial charge in [-0.1, -0.05) is 27.7 Å². The minimum Gasteiger partial charge on any atom is -0.424 e. The Balaban J connectivity index is 3.95. The van der Waals surface area contributed by atoms with Crippen molar-refractivity contribution in [2.24, 2.45) is 16.8 Å². The molecule has 0 bridgehead atoms. The smallest absolute Gasteiger partial charge is 0.164 e. The maximum Gasteiger partial charge on any atom is 0.164 e. The standard InChI is InChI=1S/C14H31NOSi/c1-7-16-17-14(12(4)5)8-9-15-13(6)10-11(2)3/h11-12,14H,7-10,17H2,1-6H3. The van der Waals surface area contributed by atoms with Crippen molar-refractivity contribution in [3.63, 3.8) is 0 Å². The molecule has 0 rings (SSSR count). The molecule has 0 aromatic heterocycles. The Bertz CT molecular complexity index is 214. The largest absolute Gasteiger partial charge is 0.424 e. The van der Waals surface area contributed by atoms with Crippen molar-refractivity contribution in [1.29, 1.82) is 0 Å². The van der Waals surface area contributed by atoms with Gasteiger partial charge in [-0.25, -0.2) is 0 Å². The van der Waals surface area contributed by atoms with Crippen LogP contribution in [-0.4, -0.2) is 28.6 Å². The maximum atomic E-state index is 5.67. The van der Waals surface area contributed by atoms with E-state index in [1.807, 2.05) is 0 Å². The second kappa shape index (κ2) is 9.83. The average Bonchev–Trinajstić information content (AvgIpc) is 2.21. The van der Waals surface area contributed by atoms with Gasteiger partial charge in [-0.05, 0) is 44.1 Å². The van der Waals surface area contributed by atoms with Gasteiger partial charge in [0, 0.05) is 18.9 Å². The molecule has 0 N–H and O–H groups in total. The predicted molar refractivity (Wildman–Crippen MR) is 80.8 cm³/mol. The minimum absolute atomic E-state index is 0.358. The van der Waals surface area contributed by atoms with Crippen molar-refractivity contribution in [2.45, 2.75) is 59.9 Å². The molecule has 0 saturated carbocycles. The summed E-state index contributed by atoms with van der Waals surface area (Å²) < 4.78 is 5.67. The van der Waals surface area contributed by atoms with E-state index < -0.39 is 0 Å². The van der Waals surface area contributed by atoms with Crippen molar-refractivity contribution >= 4 is 15.5 Å². The normalized spacial score (nSPS) is 15.4. The molecule has 0 saturated heterocycles. The third-order valence-corrected chi connectivity index (χ3v) is 5.49. The lowest BCUT2D eigenvalue weighted by atomic mass is 10.1. The van der Waals surface area contributed by atoms with Gasteiger partial charge >= 0.3 is 0 Å². The van der Waals surface area contributed by atoms with Gasteiger partial charge in [0.1, 0.15) is 0 Å². The van der Waals surface area contributed by atoms with Gasteiger partial charge in [0.05, 0.1) is 0 Å². The molecule has 0 radical (unpaired) electrons. The van der Waals surface area contributed by atoms with E-state index in [4.69, 9.17) is 4.43 Å². The van der Waals surface area contributed by atoms with E-state index in [9.17, 15) is 0 Å². The van der Waals surface area contributed by atoms with E-state index in [1.54, 1.807) is 0 Å². The molecule has 0 amide bonds. The maximum absolute atomic E-state index is 5.67. The van der Waals surface area contributed by atoms with Crippen LogP contribution in [0.25, 0.3) is 0 Å². The molecule has 1 atom stereocenters. The Morgan fingerprint density at radius 1 is 1.24 bits per heavy atom. The van der Waals surface area contributed by atoms with E-state index >= 15 is 0 Å². The summed E-state index contributed by atoms with van der Waals surface area (Å²) in [5.41, 5.74) is 2.09. The fourth-order valence-electron chi connectivity index (χ4n) is 1.95. The highest BCUT2D eigenvalue weighted by Gasteiger charge is 2.13. The molecular weight excluding hydrogens is 226 g/mol. The van der Waals surface area contributed by atoms with Crippen LogP contribution in [0.1, 0.15) is 54.4 Å². The van der Waals surface area contributed by atoms with Crippen LogP contribution in [0.4, 0.5) is 0 Å². The van der Waals surface area contributed by atoms with E-state index in [0.717, 1.165) is 36.9 Å². The minimum atomic E-state index is -0.358. The molecule has 0 aliphatic carbocycles. The number of hydrogen-bond donors (Lipinski definition) is 0. The Kier molecular flexibility index (Phi) is 9.75. The Hall–Kier alpha value is -0.153. The zero-order valence-electron chi connectivity index (χ0n) is 12.6. The summed E-state index contributed by atoms with van der Waals surface area (Å²) in [6.45, 7) is 15.2. The summed E-state index contributed by atoms with van der Waals surface area (Å²) in [4.78, 5) is 4.68. The van der Waals surface area contributed by atoms with Crippen LogP contribution in [-0.2, 0) is 4.43 Å². The first kappa shape index (κ1) is 16.8. The number of rotatable bonds is 9. The Morgan fingerprint density at radius 3 is 2.35 bits per heavy atom. The average molecular weight is 257 g/mol. The highest BCUT2D eigenvalue weighted by Crippen LogP contribution is 2.21. The molecule has 0 spiro atoms. The van der Waals surface area contributed by atoms with Gasteiger partial charge in [0.15, 0.2) is 9.76 Å². The molecule has 2 nitrogen and oxygen atoms in total. The van der Waals surface area contributed by atoms with Crippen molar-refractivity contribution in [3.05, 3.63) is 0 Å². The molecule has 102 valence electrons. The number of hydrogen-bond acceptors (Lipinski definition) is 2. The molecule has 0 heterocycles. The monoisotopic (exact) mass is 257 g/mol. The second-order valence-corrected chi connectivity index (χ2v) is 7.46. The Labute approximate surface area is 110 Å². The van der Waals surface area contributed by atoms with E-state index in [0.29, 0.717) is 0 Å².